The first-order chi connectivity index (χ1) is 29.3. The first kappa shape index (κ1) is 33.4. The third-order valence-corrected chi connectivity index (χ3v) is 12.3. The molecule has 0 fully saturated rings. The Balaban J connectivity index is 1.02. The van der Waals surface area contributed by atoms with Crippen molar-refractivity contribution in [3.05, 3.63) is 241 Å². The van der Waals surface area contributed by atoms with Crippen LogP contribution < -0.4 is 4.90 Å². The van der Waals surface area contributed by atoms with E-state index in [2.05, 4.69) is 217 Å². The van der Waals surface area contributed by atoms with E-state index in [0.29, 0.717) is 0 Å². The van der Waals surface area contributed by atoms with Gasteiger partial charge in [-0.05, 0) is 64.2 Å². The topological polar surface area (TPSA) is 29.3 Å². The predicted octanol–water partition coefficient (Wildman–Crippen LogP) is 14.8. The number of aromatic nitrogens is 1. The predicted molar refractivity (Wildman–Crippen MR) is 244 cm³/mol. The van der Waals surface area contributed by atoms with Crippen molar-refractivity contribution < 1.29 is 4.42 Å². The minimum Gasteiger partial charge on any atom is -0.455 e. The number of rotatable bonds is 5. The minimum absolute atomic E-state index is 0.503. The van der Waals surface area contributed by atoms with Gasteiger partial charge >= 0.3 is 0 Å². The van der Waals surface area contributed by atoms with Crippen LogP contribution in [0.4, 0.5) is 17.1 Å². The molecule has 276 valence electrons. The van der Waals surface area contributed by atoms with Crippen LogP contribution in [0.15, 0.2) is 223 Å². The van der Waals surface area contributed by atoms with Crippen molar-refractivity contribution in [2.75, 3.05) is 4.90 Å². The zero-order valence-corrected chi connectivity index (χ0v) is 32.1. The average molecular weight is 753 g/mol. The first-order valence-corrected chi connectivity index (χ1v) is 20.2. The molecule has 0 saturated carbocycles. The standard InChI is InChI=1S/C56H36N2O/c1-4-17-38(18-5-1)53-46-36-35-44-43-25-16-24-42(54(43)59-55(44)52(46)45-23-10-13-28-49(45)57-53)37-31-33-41(34-32-37)58-50-29-14-11-26-47(50)56(39-19-6-2-7-20-39,40-21-8-3-9-22-40)48-27-12-15-30-51(48)58/h1-36H. The molecule has 0 aliphatic carbocycles. The van der Waals surface area contributed by atoms with E-state index in [4.69, 9.17) is 9.40 Å². The Bertz CT molecular complexity index is 3280. The molecule has 0 saturated heterocycles. The lowest BCUT2D eigenvalue weighted by Gasteiger charge is -2.46. The second-order valence-electron chi connectivity index (χ2n) is 15.4. The van der Waals surface area contributed by atoms with Gasteiger partial charge in [-0.2, -0.15) is 0 Å². The number of fused-ring (bicyclic) bond motifs is 9. The van der Waals surface area contributed by atoms with Crippen LogP contribution in [0.3, 0.4) is 0 Å². The zero-order valence-electron chi connectivity index (χ0n) is 32.1. The molecule has 0 N–H and O–H groups in total. The normalized spacial score (nSPS) is 13.2. The molecule has 3 heterocycles. The highest BCUT2D eigenvalue weighted by Crippen LogP contribution is 2.57. The van der Waals surface area contributed by atoms with Crippen molar-refractivity contribution in [2.45, 2.75) is 5.41 Å². The highest BCUT2D eigenvalue weighted by Gasteiger charge is 2.46. The summed E-state index contributed by atoms with van der Waals surface area (Å²) in [5.41, 5.74) is 14.8. The summed E-state index contributed by atoms with van der Waals surface area (Å²) in [6.45, 7) is 0. The Morgan fingerprint density at radius 3 is 1.61 bits per heavy atom. The molecule has 3 heteroatoms. The lowest BCUT2D eigenvalue weighted by molar-refractivity contribution is 0.674. The number of nitrogens with zero attached hydrogens (tertiary/aromatic N) is 2. The highest BCUT2D eigenvalue weighted by molar-refractivity contribution is 6.25. The fourth-order valence-corrected chi connectivity index (χ4v) is 9.81. The molecule has 1 aliphatic heterocycles. The van der Waals surface area contributed by atoms with Gasteiger partial charge in [-0.3, -0.25) is 0 Å². The summed E-state index contributed by atoms with van der Waals surface area (Å²) in [6.07, 6.45) is 0. The van der Waals surface area contributed by atoms with Gasteiger partial charge in [0.1, 0.15) is 11.2 Å². The van der Waals surface area contributed by atoms with Crippen molar-refractivity contribution >= 4 is 60.7 Å². The third-order valence-electron chi connectivity index (χ3n) is 12.3. The number of pyridine rings is 1. The fourth-order valence-electron chi connectivity index (χ4n) is 9.81. The van der Waals surface area contributed by atoms with E-state index in [1.807, 2.05) is 6.07 Å². The lowest BCUT2D eigenvalue weighted by atomic mass is 9.62. The summed E-state index contributed by atoms with van der Waals surface area (Å²) in [5.74, 6) is 0. The number of benzene rings is 9. The molecule has 0 spiro atoms. The van der Waals surface area contributed by atoms with Gasteiger partial charge in [0, 0.05) is 43.7 Å². The summed E-state index contributed by atoms with van der Waals surface area (Å²) < 4.78 is 7.06. The molecule has 12 rings (SSSR count). The van der Waals surface area contributed by atoms with Gasteiger partial charge in [0.05, 0.1) is 28.0 Å². The Morgan fingerprint density at radius 1 is 0.390 bits per heavy atom. The Morgan fingerprint density at radius 2 is 0.932 bits per heavy atom. The molecule has 9 aromatic carbocycles. The van der Waals surface area contributed by atoms with Gasteiger partial charge in [0.2, 0.25) is 0 Å². The van der Waals surface area contributed by atoms with Gasteiger partial charge in [-0.25, -0.2) is 4.98 Å². The molecule has 11 aromatic rings. The summed E-state index contributed by atoms with van der Waals surface area (Å²) in [4.78, 5) is 7.59. The number of furan rings is 1. The summed E-state index contributed by atoms with van der Waals surface area (Å²) in [6, 6.07) is 78.5. The van der Waals surface area contributed by atoms with Gasteiger partial charge in [-0.1, -0.05) is 182 Å². The number of hydrogen-bond acceptors (Lipinski definition) is 3. The monoisotopic (exact) mass is 752 g/mol. The SMILES string of the molecule is c1ccc(-c2nc3ccccc3c3c2ccc2c4cccc(-c5ccc(N6c7ccccc7C(c7ccccc7)(c7ccccc7)c7ccccc76)cc5)c4oc23)cc1. The van der Waals surface area contributed by atoms with Gasteiger partial charge in [-0.15, -0.1) is 0 Å². The average Bonchev–Trinajstić information content (AvgIpc) is 3.71. The van der Waals surface area contributed by atoms with Crippen LogP contribution in [0, 0.1) is 0 Å². The zero-order chi connectivity index (χ0) is 38.9. The van der Waals surface area contributed by atoms with Crippen molar-refractivity contribution in [2.24, 2.45) is 0 Å². The summed E-state index contributed by atoms with van der Waals surface area (Å²) >= 11 is 0. The van der Waals surface area contributed by atoms with Crippen molar-refractivity contribution in [3.8, 4) is 22.4 Å². The van der Waals surface area contributed by atoms with E-state index in [-0.39, 0.29) is 0 Å². The van der Waals surface area contributed by atoms with Gasteiger partial charge in [0.15, 0.2) is 0 Å². The van der Waals surface area contributed by atoms with Crippen LogP contribution in [-0.4, -0.2) is 4.98 Å². The van der Waals surface area contributed by atoms with Gasteiger partial charge < -0.3 is 9.32 Å². The van der Waals surface area contributed by atoms with E-state index in [1.54, 1.807) is 0 Å². The maximum atomic E-state index is 7.06. The molecular weight excluding hydrogens is 717 g/mol. The van der Waals surface area contributed by atoms with Crippen LogP contribution >= 0.6 is 0 Å². The smallest absolute Gasteiger partial charge is 0.144 e. The number of para-hydroxylation sites is 4. The highest BCUT2D eigenvalue weighted by atomic mass is 16.3. The van der Waals surface area contributed by atoms with E-state index in [9.17, 15) is 0 Å². The molecule has 0 radical (unpaired) electrons. The Kier molecular flexibility index (Phi) is 7.45. The minimum atomic E-state index is -0.503. The molecular formula is C56H36N2O. The van der Waals surface area contributed by atoms with Crippen molar-refractivity contribution in [1.82, 2.24) is 4.98 Å². The van der Waals surface area contributed by atoms with Gasteiger partial charge in [0.25, 0.3) is 0 Å². The van der Waals surface area contributed by atoms with E-state index in [1.165, 1.54) is 22.3 Å². The molecule has 0 bridgehead atoms. The molecule has 0 amide bonds. The fraction of sp³-hybridized carbons (Fsp3) is 0.0179. The van der Waals surface area contributed by atoms with Crippen LogP contribution in [0.2, 0.25) is 0 Å². The Labute approximate surface area is 342 Å². The maximum absolute atomic E-state index is 7.06. The molecule has 1 aliphatic rings. The van der Waals surface area contributed by atoms with E-state index in [0.717, 1.165) is 83.1 Å². The van der Waals surface area contributed by atoms with E-state index >= 15 is 0 Å². The van der Waals surface area contributed by atoms with Crippen molar-refractivity contribution in [1.29, 1.82) is 0 Å². The van der Waals surface area contributed by atoms with Crippen LogP contribution in [0.5, 0.6) is 0 Å². The molecule has 3 nitrogen and oxygen atoms in total. The second-order valence-corrected chi connectivity index (χ2v) is 15.4. The quantitative estimate of drug-likeness (QED) is 0.164. The Hall–Kier alpha value is -7.75. The molecule has 0 atom stereocenters. The molecule has 59 heavy (non-hydrogen) atoms. The van der Waals surface area contributed by atoms with E-state index < -0.39 is 5.41 Å². The van der Waals surface area contributed by atoms with Crippen LogP contribution in [-0.2, 0) is 5.41 Å². The van der Waals surface area contributed by atoms with Crippen LogP contribution in [0.25, 0.3) is 66.0 Å². The van der Waals surface area contributed by atoms with Crippen LogP contribution in [0.1, 0.15) is 22.3 Å². The summed E-state index contributed by atoms with van der Waals surface area (Å²) in [5, 5.41) is 5.46. The second kappa shape index (κ2) is 13.2. The first-order valence-electron chi connectivity index (χ1n) is 20.2. The largest absolute Gasteiger partial charge is 0.455 e. The maximum Gasteiger partial charge on any atom is 0.144 e. The number of anilines is 3. The molecule has 2 aromatic heterocycles. The summed E-state index contributed by atoms with van der Waals surface area (Å²) in [7, 11) is 0. The lowest BCUT2D eigenvalue weighted by Crippen LogP contribution is -2.37. The molecule has 0 unspecified atom stereocenters. The third kappa shape index (κ3) is 4.92. The number of hydrogen-bond donors (Lipinski definition) is 0. The van der Waals surface area contributed by atoms with Crippen molar-refractivity contribution in [3.63, 3.8) is 0 Å².